The van der Waals surface area contributed by atoms with Gasteiger partial charge in [0, 0.05) is 39.4 Å². The molecule has 0 amide bonds. The fourth-order valence-electron chi connectivity index (χ4n) is 1.55. The monoisotopic (exact) mass is 193 g/mol. The van der Waals surface area contributed by atoms with Crippen molar-refractivity contribution in [3.05, 3.63) is 24.4 Å². The van der Waals surface area contributed by atoms with Gasteiger partial charge < -0.3 is 9.80 Å². The van der Waals surface area contributed by atoms with Crippen LogP contribution in [0, 0.1) is 0 Å². The van der Waals surface area contributed by atoms with Gasteiger partial charge in [0.05, 0.1) is 5.70 Å². The van der Waals surface area contributed by atoms with Gasteiger partial charge in [0.15, 0.2) is 0 Å². The molecule has 0 atom stereocenters. The molecule has 0 N–H and O–H groups in total. The smallest absolute Gasteiger partial charge is 0.0548 e. The number of nitrogens with zero attached hydrogens (tertiary/aromatic N) is 3. The van der Waals surface area contributed by atoms with Crippen LogP contribution >= 0.6 is 0 Å². The van der Waals surface area contributed by atoms with Crippen LogP contribution in [0.1, 0.15) is 0 Å². The molecule has 0 bridgehead atoms. The zero-order valence-electron chi connectivity index (χ0n) is 9.11. The van der Waals surface area contributed by atoms with E-state index < -0.39 is 0 Å². The highest BCUT2D eigenvalue weighted by atomic mass is 15.2. The first-order valence-electron chi connectivity index (χ1n) is 4.96. The molecule has 0 aliphatic carbocycles. The van der Waals surface area contributed by atoms with E-state index in [9.17, 15) is 0 Å². The first-order valence-corrected chi connectivity index (χ1v) is 4.96. The SMILES string of the molecule is C=C/C=C(\C=N/C)N1CCN(C)CC1. The van der Waals surface area contributed by atoms with Gasteiger partial charge in [-0.15, -0.1) is 0 Å². The van der Waals surface area contributed by atoms with Crippen LogP contribution in [0.4, 0.5) is 0 Å². The summed E-state index contributed by atoms with van der Waals surface area (Å²) in [6.45, 7) is 8.09. The maximum atomic E-state index is 4.05. The van der Waals surface area contributed by atoms with E-state index >= 15 is 0 Å². The van der Waals surface area contributed by atoms with E-state index in [2.05, 4.69) is 28.4 Å². The van der Waals surface area contributed by atoms with Crippen molar-refractivity contribution < 1.29 is 0 Å². The van der Waals surface area contributed by atoms with Crippen LogP contribution < -0.4 is 0 Å². The second-order valence-electron chi connectivity index (χ2n) is 3.50. The van der Waals surface area contributed by atoms with Gasteiger partial charge >= 0.3 is 0 Å². The first kappa shape index (κ1) is 11.0. The van der Waals surface area contributed by atoms with Crippen LogP contribution in [-0.4, -0.2) is 56.3 Å². The molecule has 1 rings (SSSR count). The minimum absolute atomic E-state index is 1.07. The standard InChI is InChI=1S/C11H19N3/c1-4-5-11(10-12-2)14-8-6-13(3)7-9-14/h4-5,10H,1,6-9H2,2-3H3/b11-5+,12-10-. The van der Waals surface area contributed by atoms with Crippen molar-refractivity contribution in [3.8, 4) is 0 Å². The number of likely N-dealkylation sites (N-methyl/N-ethyl adjacent to an activating group) is 1. The van der Waals surface area contributed by atoms with Crippen LogP contribution in [0.3, 0.4) is 0 Å². The van der Waals surface area contributed by atoms with Gasteiger partial charge in [0.2, 0.25) is 0 Å². The molecular weight excluding hydrogens is 174 g/mol. The van der Waals surface area contributed by atoms with Crippen molar-refractivity contribution in [2.24, 2.45) is 4.99 Å². The fraction of sp³-hybridized carbons (Fsp3) is 0.545. The second kappa shape index (κ2) is 5.60. The van der Waals surface area contributed by atoms with E-state index in [4.69, 9.17) is 0 Å². The predicted molar refractivity (Wildman–Crippen MR) is 61.8 cm³/mol. The van der Waals surface area contributed by atoms with Crippen molar-refractivity contribution in [2.45, 2.75) is 0 Å². The van der Waals surface area contributed by atoms with Gasteiger partial charge in [-0.3, -0.25) is 4.99 Å². The summed E-state index contributed by atoms with van der Waals surface area (Å²) in [4.78, 5) is 8.73. The highest BCUT2D eigenvalue weighted by Crippen LogP contribution is 2.06. The number of hydrogen-bond acceptors (Lipinski definition) is 3. The van der Waals surface area contributed by atoms with Gasteiger partial charge in [0.25, 0.3) is 0 Å². The molecule has 1 saturated heterocycles. The van der Waals surface area contributed by atoms with E-state index in [1.165, 1.54) is 0 Å². The lowest BCUT2D eigenvalue weighted by Crippen LogP contribution is -2.44. The van der Waals surface area contributed by atoms with Gasteiger partial charge in [-0.1, -0.05) is 12.7 Å². The summed E-state index contributed by atoms with van der Waals surface area (Å²) in [5.74, 6) is 0. The number of aliphatic imine (C=N–C) groups is 1. The molecule has 78 valence electrons. The molecule has 3 heteroatoms. The van der Waals surface area contributed by atoms with Crippen LogP contribution in [0.15, 0.2) is 29.4 Å². The summed E-state index contributed by atoms with van der Waals surface area (Å²) in [5.41, 5.74) is 1.16. The lowest BCUT2D eigenvalue weighted by Gasteiger charge is -2.34. The molecule has 1 aliphatic rings. The van der Waals surface area contributed by atoms with Crippen molar-refractivity contribution in [2.75, 3.05) is 40.3 Å². The molecule has 0 aromatic rings. The molecule has 1 fully saturated rings. The van der Waals surface area contributed by atoms with Crippen LogP contribution in [0.2, 0.25) is 0 Å². The molecule has 0 aromatic carbocycles. The Bertz CT molecular complexity index is 235. The second-order valence-corrected chi connectivity index (χ2v) is 3.50. The lowest BCUT2D eigenvalue weighted by molar-refractivity contribution is 0.193. The minimum atomic E-state index is 1.07. The minimum Gasteiger partial charge on any atom is -0.368 e. The highest BCUT2D eigenvalue weighted by molar-refractivity contribution is 5.78. The zero-order chi connectivity index (χ0) is 10.4. The molecule has 0 saturated carbocycles. The van der Waals surface area contributed by atoms with E-state index in [0.29, 0.717) is 0 Å². The first-order chi connectivity index (χ1) is 6.77. The maximum absolute atomic E-state index is 4.05. The van der Waals surface area contributed by atoms with Gasteiger partial charge in [-0.25, -0.2) is 0 Å². The van der Waals surface area contributed by atoms with E-state index in [0.717, 1.165) is 31.9 Å². The highest BCUT2D eigenvalue weighted by Gasteiger charge is 2.14. The molecule has 1 heterocycles. The Morgan fingerprint density at radius 2 is 1.93 bits per heavy atom. The third-order valence-electron chi connectivity index (χ3n) is 2.42. The van der Waals surface area contributed by atoms with Crippen LogP contribution in [-0.2, 0) is 0 Å². The summed E-state index contributed by atoms with van der Waals surface area (Å²) < 4.78 is 0. The molecule has 0 spiro atoms. The van der Waals surface area contributed by atoms with Gasteiger partial charge in [-0.05, 0) is 13.1 Å². The molecule has 1 aliphatic heterocycles. The zero-order valence-corrected chi connectivity index (χ0v) is 9.11. The Morgan fingerprint density at radius 3 is 2.43 bits per heavy atom. The third kappa shape index (κ3) is 3.00. The normalized spacial score (nSPS) is 20.4. The average Bonchev–Trinajstić information content (AvgIpc) is 2.19. The molecule has 3 nitrogen and oxygen atoms in total. The van der Waals surface area contributed by atoms with Crippen LogP contribution in [0.5, 0.6) is 0 Å². The summed E-state index contributed by atoms with van der Waals surface area (Å²) in [6, 6.07) is 0. The average molecular weight is 193 g/mol. The van der Waals surface area contributed by atoms with Gasteiger partial charge in [0.1, 0.15) is 0 Å². The van der Waals surface area contributed by atoms with E-state index in [1.54, 1.807) is 7.05 Å². The van der Waals surface area contributed by atoms with Crippen molar-refractivity contribution >= 4 is 6.21 Å². The number of rotatable bonds is 3. The Hall–Kier alpha value is -1.09. The largest absolute Gasteiger partial charge is 0.368 e. The van der Waals surface area contributed by atoms with E-state index in [1.807, 2.05) is 18.4 Å². The topological polar surface area (TPSA) is 18.8 Å². The maximum Gasteiger partial charge on any atom is 0.0548 e. The fourth-order valence-corrected chi connectivity index (χ4v) is 1.55. The molecule has 0 aromatic heterocycles. The van der Waals surface area contributed by atoms with Crippen molar-refractivity contribution in [1.29, 1.82) is 0 Å². The predicted octanol–water partition coefficient (Wildman–Crippen LogP) is 1.00. The summed E-state index contributed by atoms with van der Waals surface area (Å²) >= 11 is 0. The Labute approximate surface area is 86.4 Å². The molecular formula is C11H19N3. The van der Waals surface area contributed by atoms with Crippen molar-refractivity contribution in [1.82, 2.24) is 9.80 Å². The Kier molecular flexibility index (Phi) is 4.40. The Balaban J connectivity index is 2.61. The summed E-state index contributed by atoms with van der Waals surface area (Å²) in [7, 11) is 3.95. The number of allylic oxidation sites excluding steroid dienone is 3. The quantitative estimate of drug-likeness (QED) is 0.492. The van der Waals surface area contributed by atoms with E-state index in [-0.39, 0.29) is 0 Å². The lowest BCUT2D eigenvalue weighted by atomic mass is 10.3. The number of hydrogen-bond donors (Lipinski definition) is 0. The summed E-state index contributed by atoms with van der Waals surface area (Å²) in [5, 5.41) is 0. The molecule has 0 unspecified atom stereocenters. The molecule has 14 heavy (non-hydrogen) atoms. The number of piperazine rings is 1. The van der Waals surface area contributed by atoms with Crippen LogP contribution in [0.25, 0.3) is 0 Å². The van der Waals surface area contributed by atoms with Crippen molar-refractivity contribution in [3.63, 3.8) is 0 Å². The van der Waals surface area contributed by atoms with Gasteiger partial charge in [-0.2, -0.15) is 0 Å². The summed E-state index contributed by atoms with van der Waals surface area (Å²) in [6.07, 6.45) is 5.72. The third-order valence-corrected chi connectivity index (χ3v) is 2.42. The molecule has 0 radical (unpaired) electrons. The Morgan fingerprint density at radius 1 is 1.29 bits per heavy atom.